The van der Waals surface area contributed by atoms with Crippen LogP contribution in [0.5, 0.6) is 0 Å². The van der Waals surface area contributed by atoms with Gasteiger partial charge in [-0.05, 0) is 0 Å². The predicted molar refractivity (Wildman–Crippen MR) is 48.4 cm³/mol. The minimum absolute atomic E-state index is 0.0112. The van der Waals surface area contributed by atoms with Gasteiger partial charge in [0, 0.05) is 31.2 Å². The molecule has 0 unspecified atom stereocenters. The van der Waals surface area contributed by atoms with Crippen LogP contribution in [0.3, 0.4) is 0 Å². The van der Waals surface area contributed by atoms with Crippen molar-refractivity contribution in [1.29, 1.82) is 0 Å². The van der Waals surface area contributed by atoms with Crippen LogP contribution < -0.4 is 0 Å². The van der Waals surface area contributed by atoms with Crippen molar-refractivity contribution in [2.75, 3.05) is 13.2 Å². The van der Waals surface area contributed by atoms with Crippen LogP contribution in [-0.4, -0.2) is 35.4 Å². The van der Waals surface area contributed by atoms with E-state index < -0.39 is 18.8 Å². The number of halogens is 6. The predicted octanol–water partition coefficient (Wildman–Crippen LogP) is 3.06. The van der Waals surface area contributed by atoms with Gasteiger partial charge in [0.2, 0.25) is 0 Å². The number of alkyl halides is 6. The lowest BCUT2D eigenvalue weighted by Gasteiger charge is -2.19. The van der Waals surface area contributed by atoms with Crippen LogP contribution in [0.2, 0.25) is 0 Å². The van der Waals surface area contributed by atoms with Crippen LogP contribution in [0.1, 0.15) is 6.42 Å². The van der Waals surface area contributed by atoms with Gasteiger partial charge in [-0.15, -0.1) is 0 Å². The number of hydrogen-bond acceptors (Lipinski definition) is 2. The summed E-state index contributed by atoms with van der Waals surface area (Å²) in [7, 11) is 0. The van der Waals surface area contributed by atoms with Crippen LogP contribution in [-0.2, 0) is 0 Å². The summed E-state index contributed by atoms with van der Waals surface area (Å²) in [4.78, 5) is 2.44. The first kappa shape index (κ1) is 13.7. The second kappa shape index (κ2) is 4.89. The first-order chi connectivity index (χ1) is 7.66. The molecular weight excluding hydrogens is 250 g/mol. The summed E-state index contributed by atoms with van der Waals surface area (Å²) < 4.78 is 71.1. The van der Waals surface area contributed by atoms with Crippen molar-refractivity contribution in [2.45, 2.75) is 18.8 Å². The van der Waals surface area contributed by atoms with Crippen molar-refractivity contribution in [3.8, 4) is 0 Å². The molecule has 0 amide bonds. The zero-order valence-electron chi connectivity index (χ0n) is 8.59. The summed E-state index contributed by atoms with van der Waals surface area (Å²) in [5, 5.41) is 0. The van der Waals surface area contributed by atoms with Gasteiger partial charge in [0.15, 0.2) is 0 Å². The SMILES string of the molecule is FC(F)(F)C=CN1C=CN(CCC(F)(F)F)C1. The molecule has 8 heteroatoms. The molecule has 0 saturated heterocycles. The van der Waals surface area contributed by atoms with Gasteiger partial charge in [0.05, 0.1) is 13.1 Å². The summed E-state index contributed by atoms with van der Waals surface area (Å²) >= 11 is 0. The quantitative estimate of drug-likeness (QED) is 0.719. The van der Waals surface area contributed by atoms with Gasteiger partial charge in [-0.1, -0.05) is 0 Å². The summed E-state index contributed by atoms with van der Waals surface area (Å²) in [6.07, 6.45) is -6.25. The molecule has 98 valence electrons. The number of hydrogen-bond donors (Lipinski definition) is 0. The average molecular weight is 260 g/mol. The second-order valence-electron chi connectivity index (χ2n) is 3.49. The molecule has 17 heavy (non-hydrogen) atoms. The maximum absolute atomic E-state index is 11.9. The Labute approximate surface area is 93.8 Å². The summed E-state index contributed by atoms with van der Waals surface area (Å²) in [5.74, 6) is 0. The molecule has 0 fully saturated rings. The van der Waals surface area contributed by atoms with Crippen molar-refractivity contribution >= 4 is 0 Å². The Balaban J connectivity index is 2.34. The smallest absolute Gasteiger partial charge is 0.358 e. The van der Waals surface area contributed by atoms with Gasteiger partial charge in [0.1, 0.15) is 0 Å². The Morgan fingerprint density at radius 1 is 1.06 bits per heavy atom. The van der Waals surface area contributed by atoms with E-state index in [2.05, 4.69) is 0 Å². The van der Waals surface area contributed by atoms with E-state index in [0.717, 1.165) is 11.1 Å². The Kier molecular flexibility index (Phi) is 3.94. The van der Waals surface area contributed by atoms with E-state index in [-0.39, 0.29) is 19.3 Å². The normalized spacial score (nSPS) is 17.5. The molecule has 0 aliphatic carbocycles. The third-order valence-electron chi connectivity index (χ3n) is 1.95. The van der Waals surface area contributed by atoms with E-state index >= 15 is 0 Å². The molecule has 0 aromatic rings. The molecule has 0 aromatic carbocycles. The molecule has 1 heterocycles. The molecule has 0 aromatic heterocycles. The molecule has 2 nitrogen and oxygen atoms in total. The second-order valence-corrected chi connectivity index (χ2v) is 3.49. The van der Waals surface area contributed by atoms with Crippen LogP contribution >= 0.6 is 0 Å². The molecule has 0 radical (unpaired) electrons. The Hall–Kier alpha value is -1.34. The molecule has 0 N–H and O–H groups in total. The Morgan fingerprint density at radius 2 is 1.71 bits per heavy atom. The fourth-order valence-corrected chi connectivity index (χ4v) is 1.18. The average Bonchev–Trinajstić information content (AvgIpc) is 2.57. The van der Waals surface area contributed by atoms with Gasteiger partial charge < -0.3 is 9.80 Å². The van der Waals surface area contributed by atoms with Crippen LogP contribution in [0, 0.1) is 0 Å². The lowest BCUT2D eigenvalue weighted by atomic mass is 10.4. The van der Waals surface area contributed by atoms with Gasteiger partial charge in [0.25, 0.3) is 0 Å². The zero-order valence-corrected chi connectivity index (χ0v) is 8.59. The van der Waals surface area contributed by atoms with Crippen LogP contribution in [0.15, 0.2) is 24.7 Å². The number of nitrogens with zero attached hydrogens (tertiary/aromatic N) is 2. The van der Waals surface area contributed by atoms with Crippen molar-refractivity contribution < 1.29 is 26.3 Å². The van der Waals surface area contributed by atoms with Crippen molar-refractivity contribution in [3.05, 3.63) is 24.7 Å². The summed E-state index contributed by atoms with van der Waals surface area (Å²) in [5.41, 5.74) is 0. The highest BCUT2D eigenvalue weighted by molar-refractivity contribution is 4.99. The largest absolute Gasteiger partial charge is 0.411 e. The highest BCUT2D eigenvalue weighted by atomic mass is 19.4. The van der Waals surface area contributed by atoms with Gasteiger partial charge in [-0.2, -0.15) is 26.3 Å². The molecule has 0 atom stereocenters. The lowest BCUT2D eigenvalue weighted by Crippen LogP contribution is -2.26. The van der Waals surface area contributed by atoms with Crippen molar-refractivity contribution in [2.24, 2.45) is 0 Å². The first-order valence-corrected chi connectivity index (χ1v) is 4.67. The fraction of sp³-hybridized carbons (Fsp3) is 0.556. The zero-order chi connectivity index (χ0) is 13.1. The minimum Gasteiger partial charge on any atom is -0.358 e. The lowest BCUT2D eigenvalue weighted by molar-refractivity contribution is -0.136. The topological polar surface area (TPSA) is 6.48 Å². The van der Waals surface area contributed by atoms with Crippen LogP contribution in [0.4, 0.5) is 26.3 Å². The molecule has 1 aliphatic heterocycles. The van der Waals surface area contributed by atoms with E-state index in [1.165, 1.54) is 17.3 Å². The van der Waals surface area contributed by atoms with Gasteiger partial charge in [-0.3, -0.25) is 0 Å². The highest BCUT2D eigenvalue weighted by Crippen LogP contribution is 2.21. The molecule has 1 rings (SSSR count). The standard InChI is InChI=1S/C9H10F6N2/c10-8(11,12)1-3-16-5-6-17(7-16)4-2-9(13,14)15/h1,3,5-6H,2,4,7H2. The minimum atomic E-state index is -4.42. The van der Waals surface area contributed by atoms with Crippen molar-refractivity contribution in [3.63, 3.8) is 0 Å². The Bertz CT molecular complexity index is 304. The first-order valence-electron chi connectivity index (χ1n) is 4.67. The van der Waals surface area contributed by atoms with E-state index in [4.69, 9.17) is 0 Å². The number of rotatable bonds is 3. The van der Waals surface area contributed by atoms with Crippen LogP contribution in [0.25, 0.3) is 0 Å². The third-order valence-corrected chi connectivity index (χ3v) is 1.95. The maximum atomic E-state index is 11.9. The number of allylic oxidation sites excluding steroid dienone is 1. The highest BCUT2D eigenvalue weighted by Gasteiger charge is 2.28. The van der Waals surface area contributed by atoms with Gasteiger partial charge >= 0.3 is 12.4 Å². The van der Waals surface area contributed by atoms with Gasteiger partial charge in [-0.25, -0.2) is 0 Å². The van der Waals surface area contributed by atoms with E-state index in [0.29, 0.717) is 0 Å². The van der Waals surface area contributed by atoms with E-state index in [1.54, 1.807) is 0 Å². The monoisotopic (exact) mass is 260 g/mol. The Morgan fingerprint density at radius 3 is 2.24 bits per heavy atom. The third kappa shape index (κ3) is 6.08. The molecule has 0 spiro atoms. The molecule has 0 saturated carbocycles. The summed E-state index contributed by atoms with van der Waals surface area (Å²) in [6.45, 7) is -0.279. The summed E-state index contributed by atoms with van der Waals surface area (Å²) in [6, 6.07) is 0. The fourth-order valence-electron chi connectivity index (χ4n) is 1.18. The molecular formula is C9H10F6N2. The van der Waals surface area contributed by atoms with E-state index in [1.807, 2.05) is 0 Å². The van der Waals surface area contributed by atoms with E-state index in [9.17, 15) is 26.3 Å². The molecule has 0 bridgehead atoms. The van der Waals surface area contributed by atoms with Crippen molar-refractivity contribution in [1.82, 2.24) is 9.80 Å². The molecule has 1 aliphatic rings. The maximum Gasteiger partial charge on any atom is 0.411 e.